The first kappa shape index (κ1) is 8.93. The molecule has 0 unspecified atom stereocenters. The van der Waals surface area contributed by atoms with Crippen LogP contribution < -0.4 is 5.73 Å². The number of hydrogen-bond acceptors (Lipinski definition) is 3. The van der Waals surface area contributed by atoms with Crippen molar-refractivity contribution in [3.8, 4) is 0 Å². The van der Waals surface area contributed by atoms with Gasteiger partial charge in [-0.3, -0.25) is 4.79 Å². The minimum absolute atomic E-state index is 0.149. The summed E-state index contributed by atoms with van der Waals surface area (Å²) in [5.74, 6) is -0.202. The Morgan fingerprint density at radius 1 is 1.58 bits per heavy atom. The van der Waals surface area contributed by atoms with Crippen LogP contribution in [0.2, 0.25) is 0 Å². The molecule has 0 amide bonds. The Balaban J connectivity index is 2.49. The van der Waals surface area contributed by atoms with Crippen molar-refractivity contribution in [2.75, 3.05) is 6.54 Å². The highest BCUT2D eigenvalue weighted by molar-refractivity contribution is 5.72. The number of esters is 1. The second-order valence-electron chi connectivity index (χ2n) is 2.42. The van der Waals surface area contributed by atoms with E-state index in [2.05, 4.69) is 0 Å². The van der Waals surface area contributed by atoms with E-state index in [4.69, 9.17) is 10.5 Å². The van der Waals surface area contributed by atoms with Gasteiger partial charge in [0.2, 0.25) is 0 Å². The lowest BCUT2D eigenvalue weighted by Gasteiger charge is -2.09. The van der Waals surface area contributed by atoms with Crippen molar-refractivity contribution in [1.29, 1.82) is 0 Å². The molecule has 1 aliphatic carbocycles. The number of halogens is 1. The fourth-order valence-electron chi connectivity index (χ4n) is 0.866. The fourth-order valence-corrected chi connectivity index (χ4v) is 0.866. The summed E-state index contributed by atoms with van der Waals surface area (Å²) in [6.45, 7) is -0.149. The van der Waals surface area contributed by atoms with Crippen molar-refractivity contribution in [1.82, 2.24) is 0 Å². The molecule has 0 aliphatic heterocycles. The first-order chi connectivity index (χ1) is 5.72. The van der Waals surface area contributed by atoms with E-state index in [1.807, 2.05) is 0 Å². The normalized spacial score (nSPS) is 16.5. The molecule has 0 aromatic heterocycles. The average Bonchev–Trinajstić information content (AvgIpc) is 2.09. The van der Waals surface area contributed by atoms with E-state index in [1.54, 1.807) is 0 Å². The molecule has 0 heterocycles. The molecule has 2 N–H and O–H groups in total. The van der Waals surface area contributed by atoms with Gasteiger partial charge in [-0.25, -0.2) is 4.39 Å². The molecule has 4 heteroatoms. The molecule has 0 spiro atoms. The van der Waals surface area contributed by atoms with Crippen LogP contribution in [0.25, 0.3) is 0 Å². The Labute approximate surface area is 69.7 Å². The molecule has 1 aliphatic rings. The minimum Gasteiger partial charge on any atom is -0.430 e. The first-order valence-electron chi connectivity index (χ1n) is 3.68. The molecule has 0 saturated heterocycles. The zero-order valence-corrected chi connectivity index (χ0v) is 6.55. The van der Waals surface area contributed by atoms with Gasteiger partial charge in [0, 0.05) is 12.8 Å². The molecular weight excluding hydrogens is 161 g/mol. The van der Waals surface area contributed by atoms with Crippen molar-refractivity contribution < 1.29 is 13.9 Å². The highest BCUT2D eigenvalue weighted by Gasteiger charge is 2.09. The molecule has 0 bridgehead atoms. The Morgan fingerprint density at radius 3 is 2.83 bits per heavy atom. The van der Waals surface area contributed by atoms with Gasteiger partial charge in [-0.2, -0.15) is 0 Å². The van der Waals surface area contributed by atoms with Crippen LogP contribution in [-0.4, -0.2) is 12.5 Å². The minimum atomic E-state index is -0.489. The maximum atomic E-state index is 12.4. The van der Waals surface area contributed by atoms with Gasteiger partial charge >= 0.3 is 5.97 Å². The van der Waals surface area contributed by atoms with Gasteiger partial charge < -0.3 is 10.5 Å². The highest BCUT2D eigenvalue weighted by atomic mass is 19.1. The quantitative estimate of drug-likeness (QED) is 0.631. The van der Waals surface area contributed by atoms with Crippen LogP contribution in [0, 0.1) is 0 Å². The van der Waals surface area contributed by atoms with Crippen molar-refractivity contribution in [3.05, 3.63) is 23.7 Å². The molecule has 0 atom stereocenters. The third-order valence-corrected chi connectivity index (χ3v) is 1.47. The summed E-state index contributed by atoms with van der Waals surface area (Å²) in [6.07, 6.45) is 3.47. The molecule has 0 aromatic carbocycles. The summed E-state index contributed by atoms with van der Waals surface area (Å²) in [5, 5.41) is 0. The van der Waals surface area contributed by atoms with Crippen LogP contribution in [0.3, 0.4) is 0 Å². The molecule has 1 rings (SSSR count). The predicted octanol–water partition coefficient (Wildman–Crippen LogP) is 1.02. The number of rotatable bonds is 2. The predicted molar refractivity (Wildman–Crippen MR) is 41.7 cm³/mol. The monoisotopic (exact) mass is 171 g/mol. The molecule has 0 radical (unpaired) electrons. The summed E-state index contributed by atoms with van der Waals surface area (Å²) in [5.41, 5.74) is 5.03. The SMILES string of the molecule is NCC(=O)OC1=CC=C(F)CC1. The summed E-state index contributed by atoms with van der Waals surface area (Å²) in [7, 11) is 0. The number of ether oxygens (including phenoxy) is 1. The van der Waals surface area contributed by atoms with Crippen LogP contribution in [-0.2, 0) is 9.53 Å². The van der Waals surface area contributed by atoms with E-state index in [-0.39, 0.29) is 12.4 Å². The second kappa shape index (κ2) is 4.01. The van der Waals surface area contributed by atoms with Crippen molar-refractivity contribution in [2.45, 2.75) is 12.8 Å². The van der Waals surface area contributed by atoms with E-state index in [0.717, 1.165) is 0 Å². The summed E-state index contributed by atoms with van der Waals surface area (Å²) < 4.78 is 17.2. The van der Waals surface area contributed by atoms with Gasteiger partial charge in [0.1, 0.15) is 11.6 Å². The molecule has 66 valence electrons. The average molecular weight is 171 g/mol. The summed E-state index contributed by atoms with van der Waals surface area (Å²) in [4.78, 5) is 10.7. The molecular formula is C8H10FNO2. The van der Waals surface area contributed by atoms with Gasteiger partial charge in [-0.15, -0.1) is 0 Å². The van der Waals surface area contributed by atoms with E-state index in [9.17, 15) is 9.18 Å². The van der Waals surface area contributed by atoms with E-state index in [0.29, 0.717) is 18.6 Å². The standard InChI is InChI=1S/C8H10FNO2/c9-6-1-3-7(4-2-6)12-8(11)5-10/h1,3H,2,4-5,10H2. The van der Waals surface area contributed by atoms with Crippen LogP contribution in [0.15, 0.2) is 23.7 Å². The van der Waals surface area contributed by atoms with E-state index in [1.165, 1.54) is 12.2 Å². The number of carbonyl (C=O) groups excluding carboxylic acids is 1. The third kappa shape index (κ3) is 2.47. The third-order valence-electron chi connectivity index (χ3n) is 1.47. The summed E-state index contributed by atoms with van der Waals surface area (Å²) in [6, 6.07) is 0. The second-order valence-corrected chi connectivity index (χ2v) is 2.42. The van der Waals surface area contributed by atoms with Gasteiger partial charge in [-0.1, -0.05) is 0 Å². The Morgan fingerprint density at radius 2 is 2.33 bits per heavy atom. The Hall–Kier alpha value is -1.16. The van der Waals surface area contributed by atoms with Gasteiger partial charge in [-0.05, 0) is 12.2 Å². The Bertz CT molecular complexity index is 245. The smallest absolute Gasteiger partial charge is 0.324 e. The highest BCUT2D eigenvalue weighted by Crippen LogP contribution is 2.19. The van der Waals surface area contributed by atoms with Gasteiger partial charge in [0.25, 0.3) is 0 Å². The van der Waals surface area contributed by atoms with Crippen LogP contribution in [0.4, 0.5) is 4.39 Å². The largest absolute Gasteiger partial charge is 0.430 e. The molecule has 0 saturated carbocycles. The number of nitrogens with two attached hydrogens (primary N) is 1. The maximum Gasteiger partial charge on any atom is 0.324 e. The molecule has 3 nitrogen and oxygen atoms in total. The van der Waals surface area contributed by atoms with Crippen molar-refractivity contribution >= 4 is 5.97 Å². The van der Waals surface area contributed by atoms with Crippen LogP contribution in [0.5, 0.6) is 0 Å². The molecule has 12 heavy (non-hydrogen) atoms. The molecule has 0 fully saturated rings. The zero-order valence-electron chi connectivity index (χ0n) is 6.55. The number of allylic oxidation sites excluding steroid dienone is 4. The summed E-state index contributed by atoms with van der Waals surface area (Å²) >= 11 is 0. The topological polar surface area (TPSA) is 52.3 Å². The zero-order chi connectivity index (χ0) is 8.97. The fraction of sp³-hybridized carbons (Fsp3) is 0.375. The lowest BCUT2D eigenvalue weighted by molar-refractivity contribution is -0.138. The maximum absolute atomic E-state index is 12.4. The van der Waals surface area contributed by atoms with E-state index >= 15 is 0 Å². The Kier molecular flexibility index (Phi) is 2.99. The lowest BCUT2D eigenvalue weighted by atomic mass is 10.1. The van der Waals surface area contributed by atoms with E-state index < -0.39 is 5.97 Å². The van der Waals surface area contributed by atoms with Gasteiger partial charge in [0.05, 0.1) is 6.54 Å². The number of carbonyl (C=O) groups is 1. The molecule has 0 aromatic rings. The van der Waals surface area contributed by atoms with Crippen molar-refractivity contribution in [3.63, 3.8) is 0 Å². The first-order valence-corrected chi connectivity index (χ1v) is 3.68. The lowest BCUT2D eigenvalue weighted by Crippen LogP contribution is -2.16. The van der Waals surface area contributed by atoms with Crippen LogP contribution in [0.1, 0.15) is 12.8 Å². The number of hydrogen-bond donors (Lipinski definition) is 1. The van der Waals surface area contributed by atoms with Gasteiger partial charge in [0.15, 0.2) is 0 Å². The van der Waals surface area contributed by atoms with Crippen LogP contribution >= 0.6 is 0 Å². The van der Waals surface area contributed by atoms with Crippen molar-refractivity contribution in [2.24, 2.45) is 5.73 Å².